The van der Waals surface area contributed by atoms with E-state index in [0.29, 0.717) is 5.92 Å². The molecule has 1 saturated heterocycles. The van der Waals surface area contributed by atoms with Crippen LogP contribution in [0.15, 0.2) is 18.2 Å². The predicted molar refractivity (Wildman–Crippen MR) is 111 cm³/mol. The lowest BCUT2D eigenvalue weighted by Gasteiger charge is -2.32. The van der Waals surface area contributed by atoms with Gasteiger partial charge in [-0.25, -0.2) is 8.78 Å². The highest BCUT2D eigenvalue weighted by atomic mass is 19.2. The van der Waals surface area contributed by atoms with E-state index in [1.54, 1.807) is 6.07 Å². The maximum atomic E-state index is 13.5. The van der Waals surface area contributed by atoms with Crippen molar-refractivity contribution >= 4 is 0 Å². The van der Waals surface area contributed by atoms with Gasteiger partial charge in [0.25, 0.3) is 0 Å². The molecule has 0 atom stereocenters. The minimum Gasteiger partial charge on any atom is -0.350 e. The fraction of sp³-hybridized carbons (Fsp3) is 0.760. The number of halogens is 2. The summed E-state index contributed by atoms with van der Waals surface area (Å²) in [6, 6.07) is 4.46. The fourth-order valence-corrected chi connectivity index (χ4v) is 5.78. The van der Waals surface area contributed by atoms with Gasteiger partial charge in [0.05, 0.1) is 13.2 Å². The van der Waals surface area contributed by atoms with E-state index in [1.165, 1.54) is 69.9 Å². The zero-order chi connectivity index (χ0) is 20.1. The topological polar surface area (TPSA) is 18.5 Å². The van der Waals surface area contributed by atoms with Gasteiger partial charge in [-0.2, -0.15) is 0 Å². The van der Waals surface area contributed by atoms with Crippen LogP contribution in [0.4, 0.5) is 8.78 Å². The van der Waals surface area contributed by atoms with Crippen LogP contribution in [-0.4, -0.2) is 19.5 Å². The normalized spacial score (nSPS) is 31.2. The summed E-state index contributed by atoms with van der Waals surface area (Å²) in [4.78, 5) is 0. The van der Waals surface area contributed by atoms with Crippen molar-refractivity contribution in [3.63, 3.8) is 0 Å². The molecule has 0 unspecified atom stereocenters. The largest absolute Gasteiger partial charge is 0.350 e. The second-order valence-corrected chi connectivity index (χ2v) is 9.60. The monoisotopic (exact) mass is 406 g/mol. The molecule has 2 saturated carbocycles. The standard InChI is InChI=1S/C25H36F2O2/c26-23-13-12-22(17-24(23)27)21-10-7-20(8-11-21)6-3-18-1-4-19(5-2-18)9-14-25-28-15-16-29-25/h12-13,17-21,25H,1-11,14-16H2/t18-,19-,20?,21?. The first-order chi connectivity index (χ1) is 14.2. The minimum atomic E-state index is -0.739. The van der Waals surface area contributed by atoms with E-state index in [0.717, 1.165) is 55.8 Å². The third-order valence-corrected chi connectivity index (χ3v) is 7.71. The lowest BCUT2D eigenvalue weighted by molar-refractivity contribution is -0.0512. The van der Waals surface area contributed by atoms with Crippen molar-refractivity contribution in [1.29, 1.82) is 0 Å². The molecule has 0 spiro atoms. The zero-order valence-electron chi connectivity index (χ0n) is 17.6. The van der Waals surface area contributed by atoms with Gasteiger partial charge in [0.1, 0.15) is 0 Å². The zero-order valence-corrected chi connectivity index (χ0v) is 17.6. The Morgan fingerprint density at radius 3 is 1.72 bits per heavy atom. The lowest BCUT2D eigenvalue weighted by atomic mass is 9.74. The van der Waals surface area contributed by atoms with Crippen LogP contribution in [0.25, 0.3) is 0 Å². The van der Waals surface area contributed by atoms with E-state index >= 15 is 0 Å². The molecule has 4 rings (SSSR count). The summed E-state index contributed by atoms with van der Waals surface area (Å²) in [5.74, 6) is 1.57. The molecule has 4 heteroatoms. The molecule has 2 aliphatic carbocycles. The number of hydrogen-bond acceptors (Lipinski definition) is 2. The molecule has 29 heavy (non-hydrogen) atoms. The molecule has 1 aromatic carbocycles. The van der Waals surface area contributed by atoms with Gasteiger partial charge in [0.15, 0.2) is 17.9 Å². The van der Waals surface area contributed by atoms with E-state index < -0.39 is 11.6 Å². The SMILES string of the molecule is Fc1ccc(C2CCC(CC[C@H]3CC[C@H](CCC4OCCO4)CC3)CC2)cc1F. The van der Waals surface area contributed by atoms with Gasteiger partial charge >= 0.3 is 0 Å². The van der Waals surface area contributed by atoms with Crippen LogP contribution in [0, 0.1) is 29.4 Å². The molecule has 1 aliphatic heterocycles. The molecule has 1 heterocycles. The van der Waals surface area contributed by atoms with Crippen LogP contribution in [-0.2, 0) is 9.47 Å². The molecule has 0 aromatic heterocycles. The number of rotatable bonds is 7. The summed E-state index contributed by atoms with van der Waals surface area (Å²) >= 11 is 0. The highest BCUT2D eigenvalue weighted by Crippen LogP contribution is 2.40. The van der Waals surface area contributed by atoms with Gasteiger partial charge in [-0.15, -0.1) is 0 Å². The van der Waals surface area contributed by atoms with E-state index in [9.17, 15) is 8.78 Å². The van der Waals surface area contributed by atoms with Crippen molar-refractivity contribution in [2.75, 3.05) is 13.2 Å². The molecule has 3 aliphatic rings. The van der Waals surface area contributed by atoms with E-state index in [-0.39, 0.29) is 6.29 Å². The van der Waals surface area contributed by atoms with Gasteiger partial charge in [-0.05, 0) is 79.9 Å². The molecule has 1 aromatic rings. The quantitative estimate of drug-likeness (QED) is 0.486. The van der Waals surface area contributed by atoms with Crippen LogP contribution >= 0.6 is 0 Å². The van der Waals surface area contributed by atoms with E-state index in [1.807, 2.05) is 0 Å². The van der Waals surface area contributed by atoms with Gasteiger partial charge in [-0.3, -0.25) is 0 Å². The Balaban J connectivity index is 1.11. The van der Waals surface area contributed by atoms with Gasteiger partial charge in [0.2, 0.25) is 0 Å². The highest BCUT2D eigenvalue weighted by molar-refractivity contribution is 5.22. The first kappa shape index (κ1) is 21.2. The summed E-state index contributed by atoms with van der Waals surface area (Å²) in [5, 5.41) is 0. The molecule has 0 amide bonds. The first-order valence-corrected chi connectivity index (χ1v) is 11.9. The lowest BCUT2D eigenvalue weighted by Crippen LogP contribution is -2.19. The molecule has 162 valence electrons. The second kappa shape index (κ2) is 10.3. The Labute approximate surface area is 174 Å². The number of hydrogen-bond donors (Lipinski definition) is 0. The predicted octanol–water partition coefficient (Wildman–Crippen LogP) is 6.98. The van der Waals surface area contributed by atoms with Gasteiger partial charge in [0, 0.05) is 0 Å². The van der Waals surface area contributed by atoms with Crippen molar-refractivity contribution in [3.8, 4) is 0 Å². The summed E-state index contributed by atoms with van der Waals surface area (Å²) in [7, 11) is 0. The maximum Gasteiger partial charge on any atom is 0.159 e. The molecule has 2 nitrogen and oxygen atoms in total. The number of ether oxygens (including phenoxy) is 2. The second-order valence-electron chi connectivity index (χ2n) is 9.60. The average molecular weight is 407 g/mol. The van der Waals surface area contributed by atoms with Crippen LogP contribution < -0.4 is 0 Å². The third-order valence-electron chi connectivity index (χ3n) is 7.71. The van der Waals surface area contributed by atoms with Crippen molar-refractivity contribution in [3.05, 3.63) is 35.4 Å². The molecule has 0 N–H and O–H groups in total. The molecule has 3 fully saturated rings. The Morgan fingerprint density at radius 2 is 1.17 bits per heavy atom. The van der Waals surface area contributed by atoms with Crippen molar-refractivity contribution < 1.29 is 18.3 Å². The van der Waals surface area contributed by atoms with Crippen LogP contribution in [0.3, 0.4) is 0 Å². The Hall–Kier alpha value is -1.00. The van der Waals surface area contributed by atoms with Gasteiger partial charge in [-0.1, -0.05) is 44.6 Å². The van der Waals surface area contributed by atoms with Crippen LogP contribution in [0.2, 0.25) is 0 Å². The Bertz CT molecular complexity index is 628. The van der Waals surface area contributed by atoms with E-state index in [2.05, 4.69) is 0 Å². The Morgan fingerprint density at radius 1 is 0.655 bits per heavy atom. The van der Waals surface area contributed by atoms with Gasteiger partial charge < -0.3 is 9.47 Å². The van der Waals surface area contributed by atoms with Crippen LogP contribution in [0.1, 0.15) is 88.5 Å². The molecule has 0 radical (unpaired) electrons. The van der Waals surface area contributed by atoms with Crippen LogP contribution in [0.5, 0.6) is 0 Å². The van der Waals surface area contributed by atoms with Crippen molar-refractivity contribution in [2.24, 2.45) is 17.8 Å². The third kappa shape index (κ3) is 6.01. The summed E-state index contributed by atoms with van der Waals surface area (Å²) in [6.07, 6.45) is 15.4. The van der Waals surface area contributed by atoms with Crippen molar-refractivity contribution in [2.45, 2.75) is 89.3 Å². The average Bonchev–Trinajstić information content (AvgIpc) is 3.28. The molecular weight excluding hydrogens is 370 g/mol. The minimum absolute atomic E-state index is 0.0641. The highest BCUT2D eigenvalue weighted by Gasteiger charge is 2.26. The summed E-state index contributed by atoms with van der Waals surface area (Å²) in [5.41, 5.74) is 0.981. The molecular formula is C25H36F2O2. The maximum absolute atomic E-state index is 13.5. The molecule has 0 bridgehead atoms. The summed E-state index contributed by atoms with van der Waals surface area (Å²) < 4.78 is 37.8. The smallest absolute Gasteiger partial charge is 0.159 e. The first-order valence-electron chi connectivity index (χ1n) is 11.9. The summed E-state index contributed by atoms with van der Waals surface area (Å²) in [6.45, 7) is 1.53. The number of benzene rings is 1. The fourth-order valence-electron chi connectivity index (χ4n) is 5.78. The van der Waals surface area contributed by atoms with E-state index in [4.69, 9.17) is 9.47 Å². The Kier molecular flexibility index (Phi) is 7.58. The van der Waals surface area contributed by atoms with Crippen molar-refractivity contribution in [1.82, 2.24) is 0 Å².